The Hall–Kier alpha value is -2.47. The zero-order chi connectivity index (χ0) is 16.5. The second kappa shape index (κ2) is 6.20. The molecule has 1 aliphatic heterocycles. The van der Waals surface area contributed by atoms with Crippen molar-refractivity contribution in [2.75, 3.05) is 25.1 Å². The number of anilines is 1. The summed E-state index contributed by atoms with van der Waals surface area (Å²) in [6.45, 7) is 1.81. The second-order valence-corrected chi connectivity index (χ2v) is 6.11. The number of hydrogen-bond acceptors (Lipinski definition) is 4. The van der Waals surface area contributed by atoms with Crippen LogP contribution in [0.4, 0.5) is 10.3 Å². The fourth-order valence-corrected chi connectivity index (χ4v) is 3.17. The molecule has 24 heavy (non-hydrogen) atoms. The number of fused-ring (bicyclic) bond motifs is 1. The summed E-state index contributed by atoms with van der Waals surface area (Å²) in [7, 11) is 1.76. The van der Waals surface area contributed by atoms with Gasteiger partial charge in [0.1, 0.15) is 5.82 Å². The van der Waals surface area contributed by atoms with Gasteiger partial charge in [0, 0.05) is 54.8 Å². The second-order valence-electron chi connectivity index (χ2n) is 6.11. The summed E-state index contributed by atoms with van der Waals surface area (Å²) in [5, 5.41) is 0.970. The highest BCUT2D eigenvalue weighted by molar-refractivity contribution is 5.85. The van der Waals surface area contributed by atoms with Crippen LogP contribution in [0, 0.1) is 5.82 Å². The summed E-state index contributed by atoms with van der Waals surface area (Å²) in [6, 6.07) is 6.70. The van der Waals surface area contributed by atoms with Crippen LogP contribution in [0.5, 0.6) is 0 Å². The molecule has 0 spiro atoms. The molecule has 0 aliphatic carbocycles. The largest absolute Gasteiger partial charge is 0.381 e. The molecule has 1 aliphatic rings. The van der Waals surface area contributed by atoms with Crippen molar-refractivity contribution in [2.24, 2.45) is 0 Å². The first kappa shape index (κ1) is 15.1. The third kappa shape index (κ3) is 2.85. The highest BCUT2D eigenvalue weighted by Crippen LogP contribution is 2.25. The SMILES string of the molecule is COC1CCN(c2ncc(-c3cc4ccc(F)cc4[nH]3)cn2)CC1. The minimum atomic E-state index is -0.248. The maximum absolute atomic E-state index is 13.3. The Balaban J connectivity index is 1.54. The van der Waals surface area contributed by atoms with Gasteiger partial charge in [-0.15, -0.1) is 0 Å². The summed E-state index contributed by atoms with van der Waals surface area (Å²) in [6.07, 6.45) is 5.95. The lowest BCUT2D eigenvalue weighted by atomic mass is 10.1. The van der Waals surface area contributed by atoms with Crippen molar-refractivity contribution in [3.05, 3.63) is 42.5 Å². The van der Waals surface area contributed by atoms with Crippen molar-refractivity contribution in [3.8, 4) is 11.3 Å². The van der Waals surface area contributed by atoms with Crippen LogP contribution in [0.1, 0.15) is 12.8 Å². The fraction of sp³-hybridized carbons (Fsp3) is 0.333. The molecule has 4 rings (SSSR count). The lowest BCUT2D eigenvalue weighted by Crippen LogP contribution is -2.37. The standard InChI is InChI=1S/C18H19FN4O/c1-24-15-4-6-23(7-5-15)18-20-10-13(11-21-18)16-8-12-2-3-14(19)9-17(12)22-16/h2-3,8-11,15,22H,4-7H2,1H3. The third-order valence-corrected chi connectivity index (χ3v) is 4.59. The Kier molecular flexibility index (Phi) is 3.90. The van der Waals surface area contributed by atoms with Gasteiger partial charge in [-0.3, -0.25) is 0 Å². The quantitative estimate of drug-likeness (QED) is 0.802. The molecular formula is C18H19FN4O. The van der Waals surface area contributed by atoms with E-state index in [0.717, 1.165) is 54.0 Å². The van der Waals surface area contributed by atoms with Gasteiger partial charge in [-0.1, -0.05) is 0 Å². The van der Waals surface area contributed by atoms with Crippen LogP contribution >= 0.6 is 0 Å². The monoisotopic (exact) mass is 326 g/mol. The molecule has 2 aromatic heterocycles. The number of methoxy groups -OCH3 is 1. The van der Waals surface area contributed by atoms with E-state index in [-0.39, 0.29) is 5.82 Å². The Morgan fingerprint density at radius 2 is 1.92 bits per heavy atom. The van der Waals surface area contributed by atoms with Crippen LogP contribution in [0.2, 0.25) is 0 Å². The zero-order valence-corrected chi connectivity index (χ0v) is 13.5. The van der Waals surface area contributed by atoms with E-state index >= 15 is 0 Å². The normalized spacial score (nSPS) is 16.0. The molecule has 0 saturated carbocycles. The number of H-pyrrole nitrogens is 1. The third-order valence-electron chi connectivity index (χ3n) is 4.59. The van der Waals surface area contributed by atoms with Crippen LogP contribution < -0.4 is 4.90 Å². The molecule has 0 amide bonds. The van der Waals surface area contributed by atoms with Gasteiger partial charge in [0.25, 0.3) is 0 Å². The van der Waals surface area contributed by atoms with Gasteiger partial charge in [0.05, 0.1) is 6.10 Å². The average Bonchev–Trinajstić information content (AvgIpc) is 3.05. The summed E-state index contributed by atoms with van der Waals surface area (Å²) in [5.74, 6) is 0.498. The van der Waals surface area contributed by atoms with Crippen molar-refractivity contribution in [2.45, 2.75) is 18.9 Å². The van der Waals surface area contributed by atoms with Crippen LogP contribution in [0.15, 0.2) is 36.7 Å². The molecule has 3 heterocycles. The Morgan fingerprint density at radius 3 is 2.62 bits per heavy atom. The number of rotatable bonds is 3. The molecule has 1 aromatic carbocycles. The Morgan fingerprint density at radius 1 is 1.17 bits per heavy atom. The fourth-order valence-electron chi connectivity index (χ4n) is 3.17. The number of halogens is 1. The van der Waals surface area contributed by atoms with Gasteiger partial charge in [-0.05, 0) is 37.1 Å². The molecule has 5 nitrogen and oxygen atoms in total. The zero-order valence-electron chi connectivity index (χ0n) is 13.5. The van der Waals surface area contributed by atoms with E-state index in [4.69, 9.17) is 4.74 Å². The van der Waals surface area contributed by atoms with Crippen molar-refractivity contribution in [1.29, 1.82) is 0 Å². The first-order valence-electron chi connectivity index (χ1n) is 8.11. The predicted molar refractivity (Wildman–Crippen MR) is 91.5 cm³/mol. The first-order valence-corrected chi connectivity index (χ1v) is 8.11. The highest BCUT2D eigenvalue weighted by atomic mass is 19.1. The molecular weight excluding hydrogens is 307 g/mol. The lowest BCUT2D eigenvalue weighted by molar-refractivity contribution is 0.0816. The molecule has 0 unspecified atom stereocenters. The van der Waals surface area contributed by atoms with Crippen LogP contribution in [-0.2, 0) is 4.74 Å². The number of aromatic nitrogens is 3. The van der Waals surface area contributed by atoms with E-state index in [9.17, 15) is 4.39 Å². The van der Waals surface area contributed by atoms with Crippen LogP contribution in [0.3, 0.4) is 0 Å². The molecule has 1 N–H and O–H groups in total. The first-order chi connectivity index (χ1) is 11.7. The van der Waals surface area contributed by atoms with Gasteiger partial charge in [-0.2, -0.15) is 0 Å². The van der Waals surface area contributed by atoms with Crippen molar-refractivity contribution >= 4 is 16.9 Å². The van der Waals surface area contributed by atoms with Gasteiger partial charge < -0.3 is 14.6 Å². The minimum Gasteiger partial charge on any atom is -0.381 e. The number of benzene rings is 1. The maximum Gasteiger partial charge on any atom is 0.225 e. The van der Waals surface area contributed by atoms with Gasteiger partial charge >= 0.3 is 0 Å². The number of nitrogens with one attached hydrogen (secondary N) is 1. The molecule has 3 aromatic rings. The smallest absolute Gasteiger partial charge is 0.225 e. The van der Waals surface area contributed by atoms with Crippen LogP contribution in [0.25, 0.3) is 22.2 Å². The van der Waals surface area contributed by atoms with E-state index in [1.165, 1.54) is 12.1 Å². The Bertz CT molecular complexity index is 838. The molecule has 1 fully saturated rings. The lowest BCUT2D eigenvalue weighted by Gasteiger charge is -2.31. The summed E-state index contributed by atoms with van der Waals surface area (Å²) < 4.78 is 18.7. The molecule has 0 atom stereocenters. The number of ether oxygens (including phenoxy) is 1. The van der Waals surface area contributed by atoms with E-state index in [1.54, 1.807) is 13.2 Å². The number of aromatic amines is 1. The van der Waals surface area contributed by atoms with Gasteiger partial charge in [-0.25, -0.2) is 14.4 Å². The summed E-state index contributed by atoms with van der Waals surface area (Å²) in [5.41, 5.74) is 2.55. The maximum atomic E-state index is 13.3. The molecule has 0 radical (unpaired) electrons. The Labute approximate surface area is 139 Å². The summed E-state index contributed by atoms with van der Waals surface area (Å²) in [4.78, 5) is 14.4. The van der Waals surface area contributed by atoms with Gasteiger partial charge in [0.15, 0.2) is 0 Å². The van der Waals surface area contributed by atoms with E-state index in [2.05, 4.69) is 19.9 Å². The van der Waals surface area contributed by atoms with E-state index < -0.39 is 0 Å². The van der Waals surface area contributed by atoms with Crippen molar-refractivity contribution < 1.29 is 9.13 Å². The number of piperidine rings is 1. The molecule has 1 saturated heterocycles. The highest BCUT2D eigenvalue weighted by Gasteiger charge is 2.20. The molecule has 0 bridgehead atoms. The van der Waals surface area contributed by atoms with Crippen LogP contribution in [-0.4, -0.2) is 41.3 Å². The van der Waals surface area contributed by atoms with Crippen molar-refractivity contribution in [1.82, 2.24) is 15.0 Å². The summed E-state index contributed by atoms with van der Waals surface area (Å²) >= 11 is 0. The van der Waals surface area contributed by atoms with Gasteiger partial charge in [0.2, 0.25) is 5.95 Å². The topological polar surface area (TPSA) is 54.0 Å². The van der Waals surface area contributed by atoms with Crippen molar-refractivity contribution in [3.63, 3.8) is 0 Å². The number of hydrogen-bond donors (Lipinski definition) is 1. The minimum absolute atomic E-state index is 0.248. The molecule has 6 heteroatoms. The number of nitrogens with zero attached hydrogens (tertiary/aromatic N) is 3. The average molecular weight is 326 g/mol. The predicted octanol–water partition coefficient (Wildman–Crippen LogP) is 3.38. The van der Waals surface area contributed by atoms with E-state index in [1.807, 2.05) is 18.5 Å². The molecule has 124 valence electrons. The van der Waals surface area contributed by atoms with E-state index in [0.29, 0.717) is 6.10 Å².